The van der Waals surface area contributed by atoms with Crippen molar-refractivity contribution in [2.75, 3.05) is 0 Å². The molecule has 0 aliphatic carbocycles. The van der Waals surface area contributed by atoms with Crippen molar-refractivity contribution < 1.29 is 31.9 Å². The topological polar surface area (TPSA) is 67.2 Å². The monoisotopic (exact) mass is 545 g/mol. The van der Waals surface area contributed by atoms with E-state index < -0.39 is 35.3 Å². The first kappa shape index (κ1) is 24.4. The smallest absolute Gasteiger partial charge is 0.459 e. The van der Waals surface area contributed by atoms with Crippen LogP contribution in [0.4, 0.5) is 26.7 Å². The Kier molecular flexibility index (Phi) is 6.74. The van der Waals surface area contributed by atoms with E-state index in [0.29, 0.717) is 5.56 Å². The molecule has 5 nitrogen and oxygen atoms in total. The van der Waals surface area contributed by atoms with Crippen molar-refractivity contribution in [3.63, 3.8) is 0 Å². The highest BCUT2D eigenvalue weighted by Crippen LogP contribution is 2.44. The van der Waals surface area contributed by atoms with E-state index in [9.17, 15) is 26.7 Å². The molecule has 166 valence electrons. The second kappa shape index (κ2) is 8.31. The largest absolute Gasteiger partial charge is 0.465 e. The summed E-state index contributed by atoms with van der Waals surface area (Å²) in [4.78, 5) is 11.2. The van der Waals surface area contributed by atoms with Gasteiger partial charge in [0.1, 0.15) is 0 Å². The lowest BCUT2D eigenvalue weighted by Crippen LogP contribution is -2.36. The number of aryl methyl sites for hydroxylation is 1. The van der Waals surface area contributed by atoms with Gasteiger partial charge in [0.2, 0.25) is 0 Å². The van der Waals surface area contributed by atoms with Crippen molar-refractivity contribution in [2.24, 2.45) is 5.41 Å². The summed E-state index contributed by atoms with van der Waals surface area (Å²) in [5, 5.41) is 15.1. The summed E-state index contributed by atoms with van der Waals surface area (Å²) in [7, 11) is 0. The summed E-state index contributed by atoms with van der Waals surface area (Å²) in [6.45, 7) is 7.41. The van der Waals surface area contributed by atoms with Gasteiger partial charge in [-0.2, -0.15) is 27.1 Å². The molecule has 1 unspecified atom stereocenters. The third-order valence-electron chi connectivity index (χ3n) is 4.49. The molecule has 1 amide bonds. The molecule has 2 aromatic rings. The minimum Gasteiger partial charge on any atom is -0.465 e. The highest BCUT2D eigenvalue weighted by Gasteiger charge is 2.61. The second-order valence-corrected chi connectivity index (χ2v) is 9.20. The summed E-state index contributed by atoms with van der Waals surface area (Å²) >= 11 is 1.40. The van der Waals surface area contributed by atoms with Gasteiger partial charge in [0.15, 0.2) is 5.69 Å². The van der Waals surface area contributed by atoms with Crippen LogP contribution in [0.2, 0.25) is 0 Å². The van der Waals surface area contributed by atoms with E-state index in [0.717, 1.165) is 22.0 Å². The van der Waals surface area contributed by atoms with E-state index in [1.54, 1.807) is 25.1 Å². The van der Waals surface area contributed by atoms with Crippen molar-refractivity contribution in [2.45, 2.75) is 52.4 Å². The lowest BCUT2D eigenvalue weighted by atomic mass is 9.80. The molecule has 1 heterocycles. The van der Waals surface area contributed by atoms with Gasteiger partial charge in [-0.1, -0.05) is 39.0 Å². The van der Waals surface area contributed by atoms with Crippen LogP contribution >= 0.6 is 22.6 Å². The summed E-state index contributed by atoms with van der Waals surface area (Å²) < 4.78 is 65.9. The molecule has 0 bridgehead atoms. The molecule has 1 aromatic carbocycles. The highest BCUT2D eigenvalue weighted by molar-refractivity contribution is 14.1. The molecular weight excluding hydrogens is 524 g/mol. The number of halogens is 6. The Morgan fingerprint density at radius 2 is 1.83 bits per heavy atom. The molecular formula is C19H21F5IN3O2. The number of amides is 1. The standard InChI is InChI=1S/C19H21F5IN3O2/c1-10-7-11(5-6-12(10)14(17(2,3)4)26-16(29)30)8-28-9-13(25)15(27-28)18(20,21)19(22,23)24/h5-7,9,14,26H,8H2,1-4H3,(H,29,30). The number of carbonyl (C=O) groups is 1. The van der Waals surface area contributed by atoms with Crippen LogP contribution in [-0.2, 0) is 12.5 Å². The van der Waals surface area contributed by atoms with Crippen molar-refractivity contribution in [3.8, 4) is 0 Å². The van der Waals surface area contributed by atoms with Crippen molar-refractivity contribution >= 4 is 28.7 Å². The van der Waals surface area contributed by atoms with Crippen LogP contribution in [-0.4, -0.2) is 27.2 Å². The maximum atomic E-state index is 13.6. The maximum absolute atomic E-state index is 13.6. The normalized spacial score (nSPS) is 13.9. The van der Waals surface area contributed by atoms with Gasteiger partial charge in [-0.3, -0.25) is 4.68 Å². The fourth-order valence-corrected chi connectivity index (χ4v) is 3.82. The van der Waals surface area contributed by atoms with Crippen molar-refractivity contribution in [1.29, 1.82) is 0 Å². The molecule has 1 aromatic heterocycles. The van der Waals surface area contributed by atoms with E-state index in [1.165, 1.54) is 22.6 Å². The Morgan fingerprint density at radius 1 is 1.23 bits per heavy atom. The third-order valence-corrected chi connectivity index (χ3v) is 5.28. The summed E-state index contributed by atoms with van der Waals surface area (Å²) in [5.74, 6) is -5.04. The number of nitrogens with one attached hydrogen (secondary N) is 1. The zero-order valence-corrected chi connectivity index (χ0v) is 18.8. The van der Waals surface area contributed by atoms with Crippen LogP contribution in [0.3, 0.4) is 0 Å². The Hall–Kier alpha value is -1.92. The highest BCUT2D eigenvalue weighted by atomic mass is 127. The van der Waals surface area contributed by atoms with Gasteiger partial charge in [-0.15, -0.1) is 0 Å². The molecule has 0 fully saturated rings. The summed E-state index contributed by atoms with van der Waals surface area (Å²) in [6.07, 6.45) is -5.77. The predicted molar refractivity (Wildman–Crippen MR) is 109 cm³/mol. The number of nitrogens with zero attached hydrogens (tertiary/aromatic N) is 2. The summed E-state index contributed by atoms with van der Waals surface area (Å²) in [5.41, 5.74) is 0.375. The average molecular weight is 545 g/mol. The Morgan fingerprint density at radius 3 is 2.30 bits per heavy atom. The van der Waals surface area contributed by atoms with Crippen LogP contribution in [0.25, 0.3) is 0 Å². The molecule has 0 aliphatic rings. The molecule has 0 saturated heterocycles. The third kappa shape index (κ3) is 5.22. The molecule has 0 saturated carbocycles. The first-order chi connectivity index (χ1) is 13.5. The zero-order chi connectivity index (χ0) is 23.1. The van der Waals surface area contributed by atoms with Crippen LogP contribution in [0.15, 0.2) is 24.4 Å². The van der Waals surface area contributed by atoms with Gasteiger partial charge in [0.25, 0.3) is 0 Å². The minimum atomic E-state index is -5.73. The minimum absolute atomic E-state index is 0.0163. The molecule has 0 aliphatic heterocycles. The van der Waals surface area contributed by atoms with Gasteiger partial charge in [-0.05, 0) is 51.6 Å². The van der Waals surface area contributed by atoms with Crippen LogP contribution < -0.4 is 5.32 Å². The molecule has 0 radical (unpaired) electrons. The number of aromatic nitrogens is 2. The van der Waals surface area contributed by atoms with Crippen LogP contribution in [0.5, 0.6) is 0 Å². The van der Waals surface area contributed by atoms with Gasteiger partial charge in [-0.25, -0.2) is 4.79 Å². The van der Waals surface area contributed by atoms with Gasteiger partial charge in [0.05, 0.1) is 16.2 Å². The molecule has 2 N–H and O–H groups in total. The Labute approximate surface area is 183 Å². The fourth-order valence-electron chi connectivity index (χ4n) is 3.06. The molecule has 1 atom stereocenters. The van der Waals surface area contributed by atoms with Crippen molar-refractivity contribution in [3.05, 3.63) is 50.4 Å². The SMILES string of the molecule is Cc1cc(Cn2cc(I)c(C(F)(F)C(F)(F)F)n2)ccc1C(NC(=O)O)C(C)(C)C. The van der Waals surface area contributed by atoms with Crippen LogP contribution in [0, 0.1) is 15.9 Å². The zero-order valence-electron chi connectivity index (χ0n) is 16.6. The quantitative estimate of drug-likeness (QED) is 0.366. The molecule has 11 heteroatoms. The number of rotatable bonds is 5. The van der Waals surface area contributed by atoms with Gasteiger partial charge < -0.3 is 10.4 Å². The molecule has 0 spiro atoms. The average Bonchev–Trinajstić information content (AvgIpc) is 2.92. The van der Waals surface area contributed by atoms with E-state index in [1.807, 2.05) is 20.8 Å². The lowest BCUT2D eigenvalue weighted by Gasteiger charge is -2.32. The van der Waals surface area contributed by atoms with Crippen LogP contribution in [0.1, 0.15) is 49.2 Å². The number of carboxylic acid groups (broad SMARTS) is 1. The first-order valence-corrected chi connectivity index (χ1v) is 9.88. The fraction of sp³-hybridized carbons (Fsp3) is 0.474. The number of hydrogen-bond acceptors (Lipinski definition) is 2. The number of hydrogen-bond donors (Lipinski definition) is 2. The van der Waals surface area contributed by atoms with E-state index in [2.05, 4.69) is 10.4 Å². The Bertz CT molecular complexity index is 935. The second-order valence-electron chi connectivity index (χ2n) is 8.03. The Balaban J connectivity index is 2.33. The predicted octanol–water partition coefficient (Wildman–Crippen LogP) is 5.85. The maximum Gasteiger partial charge on any atom is 0.459 e. The van der Waals surface area contributed by atoms with Gasteiger partial charge in [0, 0.05) is 6.20 Å². The number of benzene rings is 1. The summed E-state index contributed by atoms with van der Waals surface area (Å²) in [6, 6.07) is 4.62. The first-order valence-electron chi connectivity index (χ1n) is 8.81. The van der Waals surface area contributed by atoms with E-state index in [-0.39, 0.29) is 10.1 Å². The lowest BCUT2D eigenvalue weighted by molar-refractivity contribution is -0.291. The molecule has 2 rings (SSSR count). The van der Waals surface area contributed by atoms with E-state index in [4.69, 9.17) is 5.11 Å². The molecule has 30 heavy (non-hydrogen) atoms. The van der Waals surface area contributed by atoms with E-state index >= 15 is 0 Å². The van der Waals surface area contributed by atoms with Gasteiger partial charge >= 0.3 is 18.2 Å². The number of alkyl halides is 5. The van der Waals surface area contributed by atoms with Crippen molar-refractivity contribution in [1.82, 2.24) is 15.1 Å².